The van der Waals surface area contributed by atoms with E-state index in [1.165, 1.54) is 96.7 Å². The summed E-state index contributed by atoms with van der Waals surface area (Å²) in [4.78, 5) is 59.2. The van der Waals surface area contributed by atoms with Crippen molar-refractivity contribution in [1.29, 1.82) is 0 Å². The molecule has 0 saturated carbocycles. The summed E-state index contributed by atoms with van der Waals surface area (Å²) in [7, 11) is 1.68. The second-order valence-corrected chi connectivity index (χ2v) is 38.7. The SMILES string of the molecule is CC(=O)c1cn(CCCN2C3CCC2CC(CCc2ccc(Cl)cc2)C3)c2c(C)cccc12.CC(=O)c1cn(CCCN2C3CCC2CC(Oc2ccc(Cl)cc2)C3)c2c(C)cccc12.CCc1cccc2c(C(C)=O)cn(CCCN3CCCC(Oc4ccc(Cl)cc4)C3)c12.COc1cccc2c(C(C)=O)cn(CC(C)CN3CCCC(Oc4ccc(Cl)cc4)C3)c12. The number of aryl methyl sites for hydroxylation is 7. The molecule has 4 bridgehead atoms. The molecular formula is C108H128Cl4N8O8. The summed E-state index contributed by atoms with van der Waals surface area (Å²) in [6.07, 6.45) is 30.2. The number of para-hydroxylation sites is 4. The third kappa shape index (κ3) is 23.2. The first-order valence-corrected chi connectivity index (χ1v) is 48.4. The molecule has 7 unspecified atom stereocenters. The van der Waals surface area contributed by atoms with E-state index in [4.69, 9.17) is 65.4 Å². The van der Waals surface area contributed by atoms with Gasteiger partial charge < -0.3 is 37.2 Å². The summed E-state index contributed by atoms with van der Waals surface area (Å²) in [5.41, 5.74) is 13.1. The number of Topliss-reactive ketones (excluding diaryl/α,β-unsaturated/α-hetero) is 4. The van der Waals surface area contributed by atoms with Crippen molar-refractivity contribution in [1.82, 2.24) is 37.9 Å². The molecule has 0 spiro atoms. The summed E-state index contributed by atoms with van der Waals surface area (Å²) in [6.45, 7) is 27.3. The van der Waals surface area contributed by atoms with E-state index >= 15 is 0 Å². The molecule has 0 amide bonds. The van der Waals surface area contributed by atoms with Gasteiger partial charge in [0.05, 0.1) is 29.2 Å². The Morgan fingerprint density at radius 2 is 0.789 bits per heavy atom. The van der Waals surface area contributed by atoms with Gasteiger partial charge in [-0.05, 0) is 302 Å². The molecule has 0 radical (unpaired) electrons. The Hall–Kier alpha value is -9.20. The lowest BCUT2D eigenvalue weighted by atomic mass is 9.86. The number of likely N-dealkylation sites (tertiary alicyclic amines) is 2. The molecule has 0 aliphatic carbocycles. The fraction of sp³-hybridized carbons (Fsp3) is 0.444. The quantitative estimate of drug-likeness (QED) is 0.0382. The third-order valence-electron chi connectivity index (χ3n) is 27.6. The van der Waals surface area contributed by atoms with Crippen molar-refractivity contribution in [2.24, 2.45) is 11.8 Å². The first kappa shape index (κ1) is 93.5. The lowest BCUT2D eigenvalue weighted by molar-refractivity contribution is 0.0482. The van der Waals surface area contributed by atoms with Gasteiger partial charge in [0.1, 0.15) is 41.3 Å². The van der Waals surface area contributed by atoms with Gasteiger partial charge in [0.2, 0.25) is 0 Å². The minimum absolute atomic E-state index is 0.0767. The maximum absolute atomic E-state index is 12.2. The van der Waals surface area contributed by atoms with Crippen molar-refractivity contribution in [2.45, 2.75) is 240 Å². The summed E-state index contributed by atoms with van der Waals surface area (Å²) in [5.74, 6) is 5.25. The summed E-state index contributed by atoms with van der Waals surface area (Å²) in [6, 6.07) is 58.8. The monoisotopic (exact) mass is 1800 g/mol. The first-order chi connectivity index (χ1) is 62.0. The van der Waals surface area contributed by atoms with Crippen LogP contribution in [-0.2, 0) is 39.0 Å². The number of nitrogens with zero attached hydrogens (tertiary/aromatic N) is 8. The second kappa shape index (κ2) is 43.7. The molecular weight excluding hydrogens is 1680 g/mol. The molecule has 676 valence electrons. The number of aromatic nitrogens is 4. The highest BCUT2D eigenvalue weighted by molar-refractivity contribution is 6.31. The maximum Gasteiger partial charge on any atom is 0.161 e. The normalized spacial score (nSPS) is 20.3. The van der Waals surface area contributed by atoms with Crippen molar-refractivity contribution in [2.75, 3.05) is 59.5 Å². The van der Waals surface area contributed by atoms with Crippen LogP contribution in [0.25, 0.3) is 43.6 Å². The van der Waals surface area contributed by atoms with Crippen LogP contribution < -0.4 is 18.9 Å². The molecule has 16 nitrogen and oxygen atoms in total. The van der Waals surface area contributed by atoms with Crippen LogP contribution in [-0.4, -0.2) is 163 Å². The number of benzene rings is 8. The van der Waals surface area contributed by atoms with Gasteiger partial charge in [-0.2, -0.15) is 0 Å². The largest absolute Gasteiger partial charge is 0.495 e. The Morgan fingerprint density at radius 1 is 0.406 bits per heavy atom. The zero-order valence-electron chi connectivity index (χ0n) is 76.2. The van der Waals surface area contributed by atoms with E-state index in [-0.39, 0.29) is 35.3 Å². The Labute approximate surface area is 777 Å². The van der Waals surface area contributed by atoms with Gasteiger partial charge >= 0.3 is 0 Å². The average Bonchev–Trinajstić information content (AvgIpc) is 1.64. The Balaban J connectivity index is 0.000000131. The molecule has 12 aromatic rings. The van der Waals surface area contributed by atoms with Gasteiger partial charge in [0, 0.05) is 172 Å². The van der Waals surface area contributed by atoms with E-state index < -0.39 is 0 Å². The number of halogens is 4. The summed E-state index contributed by atoms with van der Waals surface area (Å²) < 4.78 is 33.3. The van der Waals surface area contributed by atoms with Gasteiger partial charge in [-0.25, -0.2) is 0 Å². The van der Waals surface area contributed by atoms with Gasteiger partial charge in [0.15, 0.2) is 23.1 Å². The zero-order valence-corrected chi connectivity index (χ0v) is 79.3. The molecule has 0 N–H and O–H groups in total. The van der Waals surface area contributed by atoms with Crippen LogP contribution in [0.5, 0.6) is 23.0 Å². The van der Waals surface area contributed by atoms with E-state index in [9.17, 15) is 19.2 Å². The van der Waals surface area contributed by atoms with E-state index in [2.05, 4.69) is 145 Å². The predicted molar refractivity (Wildman–Crippen MR) is 524 cm³/mol. The van der Waals surface area contributed by atoms with E-state index in [0.717, 1.165) is 247 Å². The minimum atomic E-state index is 0.0767. The number of carbonyl (C=O) groups is 4. The highest BCUT2D eigenvalue weighted by atomic mass is 35.5. The van der Waals surface area contributed by atoms with Crippen LogP contribution in [0.4, 0.5) is 0 Å². The van der Waals surface area contributed by atoms with Crippen LogP contribution in [0.3, 0.4) is 0 Å². The van der Waals surface area contributed by atoms with Crippen molar-refractivity contribution in [3.63, 3.8) is 0 Å². The van der Waals surface area contributed by atoms with E-state index in [1.807, 2.05) is 115 Å². The number of hydrogen-bond acceptors (Lipinski definition) is 12. The van der Waals surface area contributed by atoms with Gasteiger partial charge in [-0.15, -0.1) is 0 Å². The molecule has 128 heavy (non-hydrogen) atoms. The number of ketones is 4. The number of fused-ring (bicyclic) bond motifs is 8. The fourth-order valence-electron chi connectivity index (χ4n) is 21.6. The maximum atomic E-state index is 12.2. The highest BCUT2D eigenvalue weighted by Gasteiger charge is 2.42. The van der Waals surface area contributed by atoms with Gasteiger partial charge in [-0.3, -0.25) is 38.8 Å². The molecule has 6 fully saturated rings. The Kier molecular flexibility index (Phi) is 31.9. The van der Waals surface area contributed by atoms with Crippen LogP contribution in [0.15, 0.2) is 195 Å². The second-order valence-electron chi connectivity index (χ2n) is 36.9. The van der Waals surface area contributed by atoms with Crippen LogP contribution in [0.1, 0.15) is 208 Å². The van der Waals surface area contributed by atoms with Crippen LogP contribution in [0, 0.1) is 25.7 Å². The minimum Gasteiger partial charge on any atom is -0.495 e. The van der Waals surface area contributed by atoms with Crippen molar-refractivity contribution in [3.8, 4) is 23.0 Å². The zero-order chi connectivity index (χ0) is 89.6. The summed E-state index contributed by atoms with van der Waals surface area (Å²) >= 11 is 24.0. The van der Waals surface area contributed by atoms with Crippen molar-refractivity contribution in [3.05, 3.63) is 259 Å². The molecule has 18 rings (SSSR count). The lowest BCUT2D eigenvalue weighted by Gasteiger charge is -2.39. The van der Waals surface area contributed by atoms with Gasteiger partial charge in [-0.1, -0.05) is 139 Å². The van der Waals surface area contributed by atoms with Crippen LogP contribution >= 0.6 is 46.4 Å². The smallest absolute Gasteiger partial charge is 0.161 e. The topological polar surface area (TPSA) is 138 Å². The number of methoxy groups -OCH3 is 1. The Morgan fingerprint density at radius 3 is 1.24 bits per heavy atom. The number of rotatable bonds is 31. The number of piperidine rings is 4. The van der Waals surface area contributed by atoms with E-state index in [1.54, 1.807) is 34.8 Å². The molecule has 10 heterocycles. The molecule has 4 aromatic heterocycles. The molecule has 6 aliphatic rings. The standard InChI is InChI=1S/C29H35ClN2O.C27H31ClN2O2.C26H31ClN2O3.C26H31ClN2O2/c1-20-5-3-6-27-28(21(2)33)19-31(29(20)27)15-4-16-32-25-13-14-26(32)18-23(17-25)8-7-22-9-11-24(30)12-10-22;1-18-5-3-6-25-26(19(2)31)17-29(27(18)25)13-4-14-30-21-9-10-22(30)16-24(15-21)32-23-11-7-20(28)8-12-23;1-18(14-28-13-5-6-22(16-28)32-21-11-9-20(27)10-12-21)15-29-17-24(19(2)30)23-7-4-8-25(31-3)26(23)29;1-3-20-7-4-9-24-25(19(2)30)18-29(26(20)24)16-6-15-28-14-5-8-23(17-28)31-22-12-10-21(27)11-13-22/h3,5-6,9-12,19,23,25-26H,4,7-8,13-18H2,1-2H3;3,5-8,11-12,17,21-22,24H,4,9-10,13-16H2,1-2H3;4,7-12,17-18,22H,5-6,13-16H2,1-3H3;4,7,9-13,18,23H,3,5-6,8,14-17H2,1-2H3. The number of ether oxygens (including phenoxy) is 4. The molecule has 6 saturated heterocycles. The summed E-state index contributed by atoms with van der Waals surface area (Å²) in [5, 5.41) is 7.24. The molecule has 6 aliphatic heterocycles. The average molecular weight is 1810 g/mol. The molecule has 20 heteroatoms. The van der Waals surface area contributed by atoms with Crippen molar-refractivity contribution < 1.29 is 38.1 Å². The number of carbonyl (C=O) groups excluding carboxylic acids is 4. The van der Waals surface area contributed by atoms with E-state index in [0.29, 0.717) is 24.1 Å². The van der Waals surface area contributed by atoms with Crippen molar-refractivity contribution >= 4 is 113 Å². The predicted octanol–water partition coefficient (Wildman–Crippen LogP) is 25.0. The fourth-order valence-corrected chi connectivity index (χ4v) is 22.2. The first-order valence-electron chi connectivity index (χ1n) is 46.9. The lowest BCUT2D eigenvalue weighted by Crippen LogP contribution is -2.46. The molecule has 7 atom stereocenters. The third-order valence-corrected chi connectivity index (χ3v) is 28.6. The highest BCUT2D eigenvalue weighted by Crippen LogP contribution is 2.43. The van der Waals surface area contributed by atoms with Gasteiger partial charge in [0.25, 0.3) is 0 Å². The molecule has 8 aromatic carbocycles. The van der Waals surface area contributed by atoms with Crippen LogP contribution in [0.2, 0.25) is 20.1 Å². The number of hydrogen-bond donors (Lipinski definition) is 0. The Bertz CT molecular complexity index is 5750.